The van der Waals surface area contributed by atoms with Gasteiger partial charge in [0.1, 0.15) is 5.75 Å². The number of benzene rings is 2. The zero-order valence-corrected chi connectivity index (χ0v) is 18.0. The summed E-state index contributed by atoms with van der Waals surface area (Å²) in [5.74, 6) is 0.497. The lowest BCUT2D eigenvalue weighted by Gasteiger charge is -2.24. The van der Waals surface area contributed by atoms with E-state index in [9.17, 15) is 14.9 Å². The molecule has 0 unspecified atom stereocenters. The summed E-state index contributed by atoms with van der Waals surface area (Å²) in [4.78, 5) is 32.3. The Morgan fingerprint density at radius 1 is 1.13 bits per heavy atom. The zero-order chi connectivity index (χ0) is 21.7. The first-order valence-corrected chi connectivity index (χ1v) is 10.5. The van der Waals surface area contributed by atoms with Gasteiger partial charge < -0.3 is 9.64 Å². The third-order valence-corrected chi connectivity index (χ3v) is 5.96. The zero-order valence-electron chi connectivity index (χ0n) is 17.2. The number of carbonyl (C=O) groups excluding carboxylic acids is 1. The molecule has 1 amide bonds. The number of ether oxygens (including phenoxy) is 1. The lowest BCUT2D eigenvalue weighted by Crippen LogP contribution is -2.38. The van der Waals surface area contributed by atoms with Gasteiger partial charge in [0.25, 0.3) is 11.6 Å². The lowest BCUT2D eigenvalue weighted by molar-refractivity contribution is -0.384. The lowest BCUT2D eigenvalue weighted by atomic mass is 10.2. The van der Waals surface area contributed by atoms with Gasteiger partial charge in [-0.1, -0.05) is 25.2 Å². The molecule has 0 saturated heterocycles. The number of aromatic nitrogens is 1. The van der Waals surface area contributed by atoms with Gasteiger partial charge in [0.15, 0.2) is 5.13 Å². The molecule has 1 heterocycles. The number of hydrogen-bond donors (Lipinski definition) is 0. The first kappa shape index (κ1) is 21.7. The summed E-state index contributed by atoms with van der Waals surface area (Å²) < 4.78 is 6.21. The minimum absolute atomic E-state index is 0.0478. The highest BCUT2D eigenvalue weighted by Gasteiger charge is 2.22. The van der Waals surface area contributed by atoms with E-state index in [0.717, 1.165) is 29.1 Å². The van der Waals surface area contributed by atoms with Crippen LogP contribution < -0.4 is 9.64 Å². The second kappa shape index (κ2) is 9.64. The predicted octanol–water partition coefficient (Wildman–Crippen LogP) is 4.20. The molecule has 0 atom stereocenters. The molecule has 0 saturated carbocycles. The molecular weight excluding hydrogens is 404 g/mol. The molecule has 0 N–H and O–H groups in total. The smallest absolute Gasteiger partial charge is 0.269 e. The number of methoxy groups -OCH3 is 1. The van der Waals surface area contributed by atoms with Crippen molar-refractivity contribution < 1.29 is 14.5 Å². The molecule has 158 valence electrons. The number of amides is 1. The van der Waals surface area contributed by atoms with Crippen molar-refractivity contribution in [1.29, 1.82) is 0 Å². The highest BCUT2D eigenvalue weighted by Crippen LogP contribution is 2.32. The molecular formula is C21H24N4O4S. The van der Waals surface area contributed by atoms with Crippen LogP contribution in [-0.2, 0) is 0 Å². The fourth-order valence-electron chi connectivity index (χ4n) is 3.08. The topological polar surface area (TPSA) is 88.8 Å². The van der Waals surface area contributed by atoms with E-state index >= 15 is 0 Å². The fraction of sp³-hybridized carbons (Fsp3) is 0.333. The average Bonchev–Trinajstić information content (AvgIpc) is 3.19. The Bertz CT molecular complexity index is 1030. The van der Waals surface area contributed by atoms with Crippen molar-refractivity contribution >= 4 is 38.3 Å². The van der Waals surface area contributed by atoms with E-state index in [2.05, 4.69) is 23.7 Å². The number of hydrogen-bond acceptors (Lipinski definition) is 7. The summed E-state index contributed by atoms with van der Waals surface area (Å²) in [7, 11) is 1.61. The minimum Gasteiger partial charge on any atom is -0.497 e. The van der Waals surface area contributed by atoms with Crippen molar-refractivity contribution in [2.24, 2.45) is 0 Å². The molecule has 0 aliphatic carbocycles. The number of nitrogens with zero attached hydrogens (tertiary/aromatic N) is 4. The maximum atomic E-state index is 13.3. The van der Waals surface area contributed by atoms with Crippen LogP contribution in [0.3, 0.4) is 0 Å². The molecule has 0 aliphatic rings. The molecule has 0 spiro atoms. The van der Waals surface area contributed by atoms with Crippen molar-refractivity contribution in [2.75, 3.05) is 38.2 Å². The van der Waals surface area contributed by atoms with E-state index in [0.29, 0.717) is 23.8 Å². The molecule has 3 aromatic rings. The highest BCUT2D eigenvalue weighted by molar-refractivity contribution is 7.22. The van der Waals surface area contributed by atoms with Crippen molar-refractivity contribution in [2.45, 2.75) is 13.8 Å². The Morgan fingerprint density at radius 3 is 2.43 bits per heavy atom. The van der Waals surface area contributed by atoms with Crippen molar-refractivity contribution in [3.63, 3.8) is 0 Å². The second-order valence-corrected chi connectivity index (χ2v) is 7.63. The summed E-state index contributed by atoms with van der Waals surface area (Å²) in [6.45, 7) is 7.09. The van der Waals surface area contributed by atoms with Crippen LogP contribution >= 0.6 is 11.3 Å². The SMILES string of the molecule is CCN(CC)CCN(C(=O)c1ccc([N+](=O)[O-])cc1)c1nc2ccc(OC)cc2s1. The van der Waals surface area contributed by atoms with Gasteiger partial charge in [0, 0.05) is 30.8 Å². The molecule has 8 nitrogen and oxygen atoms in total. The summed E-state index contributed by atoms with van der Waals surface area (Å²) >= 11 is 1.42. The van der Waals surface area contributed by atoms with E-state index in [1.165, 1.54) is 35.6 Å². The summed E-state index contributed by atoms with van der Waals surface area (Å²) in [6, 6.07) is 11.3. The molecule has 1 aromatic heterocycles. The van der Waals surface area contributed by atoms with Crippen LogP contribution in [0.4, 0.5) is 10.8 Å². The largest absolute Gasteiger partial charge is 0.497 e. The Morgan fingerprint density at radius 2 is 1.83 bits per heavy atom. The van der Waals surface area contributed by atoms with Crippen LogP contribution in [0.15, 0.2) is 42.5 Å². The van der Waals surface area contributed by atoms with Gasteiger partial charge in [0.05, 0.1) is 22.2 Å². The Hall–Kier alpha value is -3.04. The van der Waals surface area contributed by atoms with E-state index in [-0.39, 0.29) is 11.6 Å². The predicted molar refractivity (Wildman–Crippen MR) is 119 cm³/mol. The minimum atomic E-state index is -0.479. The normalized spacial score (nSPS) is 11.1. The highest BCUT2D eigenvalue weighted by atomic mass is 32.1. The van der Waals surface area contributed by atoms with Gasteiger partial charge in [-0.05, 0) is 43.4 Å². The van der Waals surface area contributed by atoms with E-state index in [4.69, 9.17) is 4.74 Å². The third-order valence-electron chi connectivity index (χ3n) is 4.92. The van der Waals surface area contributed by atoms with Gasteiger partial charge in [-0.15, -0.1) is 0 Å². The number of thiazole rings is 1. The number of carbonyl (C=O) groups is 1. The van der Waals surface area contributed by atoms with Crippen LogP contribution in [0.1, 0.15) is 24.2 Å². The molecule has 0 radical (unpaired) electrons. The van der Waals surface area contributed by atoms with Crippen LogP contribution in [0, 0.1) is 10.1 Å². The fourth-order valence-corrected chi connectivity index (χ4v) is 4.10. The van der Waals surface area contributed by atoms with Crippen LogP contribution in [0.25, 0.3) is 10.2 Å². The first-order chi connectivity index (χ1) is 14.5. The van der Waals surface area contributed by atoms with E-state index in [1.54, 1.807) is 12.0 Å². The first-order valence-electron chi connectivity index (χ1n) is 9.70. The average molecular weight is 429 g/mol. The quantitative estimate of drug-likeness (QED) is 0.375. The molecule has 2 aromatic carbocycles. The van der Waals surface area contributed by atoms with Gasteiger partial charge in [-0.3, -0.25) is 19.8 Å². The van der Waals surface area contributed by atoms with Crippen molar-refractivity contribution in [3.8, 4) is 5.75 Å². The number of fused-ring (bicyclic) bond motifs is 1. The van der Waals surface area contributed by atoms with Crippen molar-refractivity contribution in [1.82, 2.24) is 9.88 Å². The molecule has 0 fully saturated rings. The van der Waals surface area contributed by atoms with Gasteiger partial charge in [-0.2, -0.15) is 0 Å². The Labute approximate surface area is 178 Å². The molecule has 3 rings (SSSR count). The molecule has 0 bridgehead atoms. The number of rotatable bonds is 9. The Balaban J connectivity index is 1.95. The summed E-state index contributed by atoms with van der Waals surface area (Å²) in [5.41, 5.74) is 1.13. The van der Waals surface area contributed by atoms with Crippen LogP contribution in [-0.4, -0.2) is 54.0 Å². The molecule has 9 heteroatoms. The van der Waals surface area contributed by atoms with E-state index < -0.39 is 4.92 Å². The van der Waals surface area contributed by atoms with Crippen molar-refractivity contribution in [3.05, 3.63) is 58.1 Å². The second-order valence-electron chi connectivity index (χ2n) is 6.62. The van der Waals surface area contributed by atoms with Gasteiger partial charge in [-0.25, -0.2) is 4.98 Å². The summed E-state index contributed by atoms with van der Waals surface area (Å²) in [6.07, 6.45) is 0. The monoisotopic (exact) mass is 428 g/mol. The number of anilines is 1. The van der Waals surface area contributed by atoms with Crippen LogP contribution in [0.2, 0.25) is 0 Å². The third kappa shape index (κ3) is 4.74. The summed E-state index contributed by atoms with van der Waals surface area (Å²) in [5, 5.41) is 11.5. The van der Waals surface area contributed by atoms with E-state index in [1.807, 2.05) is 18.2 Å². The maximum absolute atomic E-state index is 13.3. The number of likely N-dealkylation sites (N-methyl/N-ethyl adjacent to an activating group) is 1. The molecule has 30 heavy (non-hydrogen) atoms. The van der Waals surface area contributed by atoms with Crippen LogP contribution in [0.5, 0.6) is 5.75 Å². The maximum Gasteiger partial charge on any atom is 0.269 e. The Kier molecular flexibility index (Phi) is 6.96. The number of nitro groups is 1. The molecule has 0 aliphatic heterocycles. The number of nitro benzene ring substituents is 1. The van der Waals surface area contributed by atoms with Gasteiger partial charge >= 0.3 is 0 Å². The van der Waals surface area contributed by atoms with Gasteiger partial charge in [0.2, 0.25) is 0 Å². The number of non-ortho nitro benzene ring substituents is 1. The standard InChI is InChI=1S/C21H24N4O4S/c1-4-23(5-2)12-13-24(20(26)15-6-8-16(9-7-15)25(27)28)21-22-18-11-10-17(29-3)14-19(18)30-21/h6-11,14H,4-5,12-13H2,1-3H3.